The molecule has 0 radical (unpaired) electrons. The number of nitrogen functional groups attached to an aromatic ring is 2. The summed E-state index contributed by atoms with van der Waals surface area (Å²) in [4.78, 5) is 23.6. The number of halogens is 1. The molecule has 1 unspecified atom stereocenters. The van der Waals surface area contributed by atoms with Gasteiger partial charge in [0.1, 0.15) is 0 Å². The van der Waals surface area contributed by atoms with Crippen LogP contribution in [0.25, 0.3) is 0 Å². The Morgan fingerprint density at radius 3 is 2.33 bits per heavy atom. The highest BCUT2D eigenvalue weighted by atomic mass is 35.5. The second-order valence-corrected chi connectivity index (χ2v) is 5.83. The summed E-state index contributed by atoms with van der Waals surface area (Å²) in [6, 6.07) is 6.83. The standard InChI is InChI=1S/C12H13ClN6OS/c1-6(21-12-18-10(14)17-11(15)19-12)9(20)16-8-4-2-7(13)3-5-8/h2-6H,1H3,(H,16,20)(H4,14,15,17,18,19). The average Bonchev–Trinajstić information content (AvgIpc) is 2.40. The number of carbonyl (C=O) groups excluding carboxylic acids is 1. The molecule has 0 spiro atoms. The maximum Gasteiger partial charge on any atom is 0.237 e. The van der Waals surface area contributed by atoms with Gasteiger partial charge in [0.2, 0.25) is 17.8 Å². The van der Waals surface area contributed by atoms with Crippen LogP contribution in [0.2, 0.25) is 5.02 Å². The minimum absolute atomic E-state index is 0.0234. The quantitative estimate of drug-likeness (QED) is 0.733. The van der Waals surface area contributed by atoms with Crippen LogP contribution in [0, 0.1) is 0 Å². The summed E-state index contributed by atoms with van der Waals surface area (Å²) in [5.41, 5.74) is 11.6. The fourth-order valence-electron chi connectivity index (χ4n) is 1.43. The third-order valence-corrected chi connectivity index (χ3v) is 3.63. The molecule has 0 aliphatic heterocycles. The second kappa shape index (κ2) is 6.59. The summed E-state index contributed by atoms with van der Waals surface area (Å²) in [5.74, 6) is -0.148. The minimum Gasteiger partial charge on any atom is -0.368 e. The zero-order chi connectivity index (χ0) is 15.4. The number of nitrogens with one attached hydrogen (secondary N) is 1. The molecule has 1 aromatic heterocycles. The third-order valence-electron chi connectivity index (χ3n) is 2.41. The lowest BCUT2D eigenvalue weighted by molar-refractivity contribution is -0.115. The van der Waals surface area contributed by atoms with Gasteiger partial charge in [-0.25, -0.2) is 0 Å². The van der Waals surface area contributed by atoms with Crippen LogP contribution in [0.4, 0.5) is 17.6 Å². The molecular formula is C12H13ClN6OS. The van der Waals surface area contributed by atoms with Gasteiger partial charge in [0.25, 0.3) is 0 Å². The fraction of sp³-hybridized carbons (Fsp3) is 0.167. The van der Waals surface area contributed by atoms with Gasteiger partial charge in [-0.3, -0.25) is 4.79 Å². The monoisotopic (exact) mass is 324 g/mol. The van der Waals surface area contributed by atoms with Crippen LogP contribution in [0.1, 0.15) is 6.92 Å². The van der Waals surface area contributed by atoms with Gasteiger partial charge in [0.15, 0.2) is 5.16 Å². The van der Waals surface area contributed by atoms with E-state index in [1.54, 1.807) is 31.2 Å². The molecule has 1 heterocycles. The number of aromatic nitrogens is 3. The summed E-state index contributed by atoms with van der Waals surface area (Å²) in [7, 11) is 0. The van der Waals surface area contributed by atoms with Gasteiger partial charge in [-0.05, 0) is 31.2 Å². The Morgan fingerprint density at radius 2 is 1.76 bits per heavy atom. The van der Waals surface area contributed by atoms with Crippen molar-refractivity contribution in [2.24, 2.45) is 0 Å². The van der Waals surface area contributed by atoms with E-state index in [9.17, 15) is 4.79 Å². The van der Waals surface area contributed by atoms with E-state index in [1.807, 2.05) is 0 Å². The first-order valence-electron chi connectivity index (χ1n) is 5.94. The predicted octanol–water partition coefficient (Wildman–Crippen LogP) is 1.81. The van der Waals surface area contributed by atoms with E-state index in [0.29, 0.717) is 15.9 Å². The molecule has 1 atom stereocenters. The van der Waals surface area contributed by atoms with Crippen LogP contribution in [-0.2, 0) is 4.79 Å². The number of rotatable bonds is 4. The van der Waals surface area contributed by atoms with E-state index < -0.39 is 5.25 Å². The molecule has 9 heteroatoms. The Morgan fingerprint density at radius 1 is 1.19 bits per heavy atom. The molecule has 0 saturated heterocycles. The van der Waals surface area contributed by atoms with E-state index in [0.717, 1.165) is 11.8 Å². The van der Waals surface area contributed by atoms with Crippen LogP contribution in [0.5, 0.6) is 0 Å². The van der Waals surface area contributed by atoms with Crippen LogP contribution in [0.15, 0.2) is 29.4 Å². The van der Waals surface area contributed by atoms with E-state index in [-0.39, 0.29) is 17.8 Å². The predicted molar refractivity (Wildman–Crippen MR) is 84.1 cm³/mol. The van der Waals surface area contributed by atoms with Crippen molar-refractivity contribution in [3.63, 3.8) is 0 Å². The molecule has 2 aromatic rings. The number of amides is 1. The SMILES string of the molecule is CC(Sc1nc(N)nc(N)n1)C(=O)Nc1ccc(Cl)cc1. The Kier molecular flexibility index (Phi) is 4.81. The number of thioether (sulfide) groups is 1. The van der Waals surface area contributed by atoms with Crippen LogP contribution < -0.4 is 16.8 Å². The molecule has 0 bridgehead atoms. The molecule has 7 nitrogen and oxygen atoms in total. The maximum absolute atomic E-state index is 12.1. The lowest BCUT2D eigenvalue weighted by atomic mass is 10.3. The Bertz CT molecular complexity index is 630. The summed E-state index contributed by atoms with van der Waals surface area (Å²) < 4.78 is 0. The Labute approximate surface area is 130 Å². The minimum atomic E-state index is -0.429. The summed E-state index contributed by atoms with van der Waals surface area (Å²) in [6.45, 7) is 1.73. The van der Waals surface area contributed by atoms with Crippen molar-refractivity contribution in [3.05, 3.63) is 29.3 Å². The van der Waals surface area contributed by atoms with Crippen molar-refractivity contribution in [3.8, 4) is 0 Å². The first kappa shape index (κ1) is 15.3. The van der Waals surface area contributed by atoms with Crippen LogP contribution in [-0.4, -0.2) is 26.1 Å². The third kappa shape index (κ3) is 4.47. The van der Waals surface area contributed by atoms with Gasteiger partial charge in [-0.1, -0.05) is 23.4 Å². The molecule has 1 amide bonds. The van der Waals surface area contributed by atoms with Gasteiger partial charge >= 0.3 is 0 Å². The van der Waals surface area contributed by atoms with E-state index >= 15 is 0 Å². The average molecular weight is 325 g/mol. The number of nitrogens with zero attached hydrogens (tertiary/aromatic N) is 3. The second-order valence-electron chi connectivity index (χ2n) is 4.09. The highest BCUT2D eigenvalue weighted by molar-refractivity contribution is 8.00. The number of nitrogens with two attached hydrogens (primary N) is 2. The molecule has 0 aliphatic carbocycles. The van der Waals surface area contributed by atoms with Crippen LogP contribution in [0.3, 0.4) is 0 Å². The van der Waals surface area contributed by atoms with Gasteiger partial charge in [0.05, 0.1) is 5.25 Å². The van der Waals surface area contributed by atoms with Gasteiger partial charge in [0, 0.05) is 10.7 Å². The first-order valence-corrected chi connectivity index (χ1v) is 7.20. The van der Waals surface area contributed by atoms with Gasteiger partial charge < -0.3 is 16.8 Å². The van der Waals surface area contributed by atoms with E-state index in [4.69, 9.17) is 23.1 Å². The fourth-order valence-corrected chi connectivity index (χ4v) is 2.33. The molecule has 0 fully saturated rings. The van der Waals surface area contributed by atoms with E-state index in [2.05, 4.69) is 20.3 Å². The smallest absolute Gasteiger partial charge is 0.237 e. The topological polar surface area (TPSA) is 120 Å². The number of hydrogen-bond acceptors (Lipinski definition) is 7. The maximum atomic E-state index is 12.1. The zero-order valence-electron chi connectivity index (χ0n) is 11.1. The highest BCUT2D eigenvalue weighted by Crippen LogP contribution is 2.22. The van der Waals surface area contributed by atoms with Crippen molar-refractivity contribution < 1.29 is 4.79 Å². The lowest BCUT2D eigenvalue weighted by Crippen LogP contribution is -2.22. The van der Waals surface area contributed by atoms with Crippen molar-refractivity contribution in [2.75, 3.05) is 16.8 Å². The number of hydrogen-bond donors (Lipinski definition) is 3. The molecule has 21 heavy (non-hydrogen) atoms. The number of carbonyl (C=O) groups is 1. The number of benzene rings is 1. The van der Waals surface area contributed by atoms with Crippen molar-refractivity contribution >= 4 is 46.9 Å². The lowest BCUT2D eigenvalue weighted by Gasteiger charge is -2.11. The molecule has 0 saturated carbocycles. The molecule has 2 rings (SSSR count). The summed E-state index contributed by atoms with van der Waals surface area (Å²) >= 11 is 6.93. The van der Waals surface area contributed by atoms with Gasteiger partial charge in [-0.2, -0.15) is 15.0 Å². The summed E-state index contributed by atoms with van der Waals surface area (Å²) in [5, 5.41) is 3.25. The zero-order valence-corrected chi connectivity index (χ0v) is 12.6. The van der Waals surface area contributed by atoms with E-state index in [1.165, 1.54) is 0 Å². The molecule has 110 valence electrons. The Balaban J connectivity index is 2.00. The number of anilines is 3. The van der Waals surface area contributed by atoms with Crippen LogP contribution >= 0.6 is 23.4 Å². The molecular weight excluding hydrogens is 312 g/mol. The molecule has 0 aliphatic rings. The van der Waals surface area contributed by atoms with Crippen molar-refractivity contribution in [2.45, 2.75) is 17.3 Å². The van der Waals surface area contributed by atoms with Gasteiger partial charge in [-0.15, -0.1) is 0 Å². The Hall–Kier alpha value is -2.06. The van der Waals surface area contributed by atoms with Crippen molar-refractivity contribution in [1.82, 2.24) is 15.0 Å². The first-order chi connectivity index (χ1) is 9.94. The summed E-state index contributed by atoms with van der Waals surface area (Å²) in [6.07, 6.45) is 0. The normalized spacial score (nSPS) is 11.9. The largest absolute Gasteiger partial charge is 0.368 e. The highest BCUT2D eigenvalue weighted by Gasteiger charge is 2.17. The van der Waals surface area contributed by atoms with Crippen molar-refractivity contribution in [1.29, 1.82) is 0 Å². The molecule has 1 aromatic carbocycles. The molecule has 5 N–H and O–H groups in total.